The number of nitrogens with zero attached hydrogens (tertiary/aromatic N) is 2. The van der Waals surface area contributed by atoms with E-state index in [1.165, 1.54) is 17.0 Å². The van der Waals surface area contributed by atoms with Crippen LogP contribution in [-0.4, -0.2) is 24.2 Å². The molecule has 0 amide bonds. The van der Waals surface area contributed by atoms with E-state index in [9.17, 15) is 23.3 Å². The van der Waals surface area contributed by atoms with Crippen LogP contribution in [0.5, 0.6) is 0 Å². The Kier molecular flexibility index (Phi) is 4.22. The van der Waals surface area contributed by atoms with Crippen molar-refractivity contribution in [3.8, 4) is 0 Å². The van der Waals surface area contributed by atoms with Crippen molar-refractivity contribution in [3.05, 3.63) is 32.8 Å². The molecule has 0 bridgehead atoms. The van der Waals surface area contributed by atoms with E-state index in [4.69, 9.17) is 0 Å². The number of rotatable bonds is 2. The van der Waals surface area contributed by atoms with Crippen LogP contribution in [-0.2, 0) is 0 Å². The Bertz CT molecular complexity index is 522. The van der Waals surface area contributed by atoms with Crippen LogP contribution in [0.25, 0.3) is 0 Å². The number of nitro benzene ring substituents is 1. The third-order valence-electron chi connectivity index (χ3n) is 3.36. The maximum atomic E-state index is 12.8. The van der Waals surface area contributed by atoms with E-state index in [2.05, 4.69) is 15.9 Å². The fourth-order valence-corrected chi connectivity index (χ4v) is 3.02. The molecule has 1 saturated heterocycles. The predicted octanol–water partition coefficient (Wildman–Crippen LogP) is 4.14. The van der Waals surface area contributed by atoms with E-state index in [0.29, 0.717) is 17.4 Å². The normalized spacial score (nSPS) is 20.0. The second-order valence-corrected chi connectivity index (χ2v) is 5.55. The van der Waals surface area contributed by atoms with E-state index in [1.54, 1.807) is 6.07 Å². The van der Waals surface area contributed by atoms with Gasteiger partial charge >= 0.3 is 6.18 Å². The van der Waals surface area contributed by atoms with Crippen LogP contribution in [0, 0.1) is 16.0 Å². The van der Waals surface area contributed by atoms with Gasteiger partial charge in [-0.15, -0.1) is 0 Å². The van der Waals surface area contributed by atoms with Crippen molar-refractivity contribution in [3.63, 3.8) is 0 Å². The van der Waals surface area contributed by atoms with Gasteiger partial charge in [-0.05, 0) is 34.8 Å². The van der Waals surface area contributed by atoms with Crippen LogP contribution in [0.1, 0.15) is 12.8 Å². The number of para-hydroxylation sites is 1. The molecule has 4 nitrogen and oxygen atoms in total. The summed E-state index contributed by atoms with van der Waals surface area (Å²) < 4.78 is 38.9. The third kappa shape index (κ3) is 3.05. The average Bonchev–Trinajstić information content (AvgIpc) is 2.37. The topological polar surface area (TPSA) is 46.4 Å². The molecule has 0 N–H and O–H groups in total. The first-order valence-corrected chi connectivity index (χ1v) is 6.84. The van der Waals surface area contributed by atoms with Crippen molar-refractivity contribution < 1.29 is 18.1 Å². The van der Waals surface area contributed by atoms with E-state index >= 15 is 0 Å². The van der Waals surface area contributed by atoms with E-state index in [-0.39, 0.29) is 24.3 Å². The lowest BCUT2D eigenvalue weighted by molar-refractivity contribution is -0.384. The quantitative estimate of drug-likeness (QED) is 0.593. The summed E-state index contributed by atoms with van der Waals surface area (Å²) in [7, 11) is 0. The fourth-order valence-electron chi connectivity index (χ4n) is 2.41. The van der Waals surface area contributed by atoms with Crippen LogP contribution >= 0.6 is 15.9 Å². The third-order valence-corrected chi connectivity index (χ3v) is 4.00. The molecule has 0 aliphatic carbocycles. The zero-order chi connectivity index (χ0) is 14.9. The number of benzene rings is 1. The molecule has 1 atom stereocenters. The van der Waals surface area contributed by atoms with Gasteiger partial charge in [0.25, 0.3) is 5.69 Å². The molecule has 0 saturated carbocycles. The van der Waals surface area contributed by atoms with Crippen LogP contribution < -0.4 is 4.90 Å². The highest BCUT2D eigenvalue weighted by atomic mass is 79.9. The summed E-state index contributed by atoms with van der Waals surface area (Å²) in [5.41, 5.74) is 0.0497. The zero-order valence-corrected chi connectivity index (χ0v) is 11.9. The molecule has 1 heterocycles. The number of nitro groups is 1. The first kappa shape index (κ1) is 15.1. The minimum Gasteiger partial charge on any atom is -0.364 e. The minimum atomic E-state index is -4.27. The summed E-state index contributed by atoms with van der Waals surface area (Å²) >= 11 is 3.19. The zero-order valence-electron chi connectivity index (χ0n) is 10.4. The average molecular weight is 353 g/mol. The van der Waals surface area contributed by atoms with Gasteiger partial charge < -0.3 is 4.90 Å². The lowest BCUT2D eigenvalue weighted by atomic mass is 9.97. The van der Waals surface area contributed by atoms with Gasteiger partial charge in [0.05, 0.1) is 10.8 Å². The summed E-state index contributed by atoms with van der Waals surface area (Å²) in [5.74, 6) is -1.44. The second kappa shape index (κ2) is 5.59. The number of hydrogen-bond donors (Lipinski definition) is 0. The summed E-state index contributed by atoms with van der Waals surface area (Å²) in [6, 6.07) is 4.40. The SMILES string of the molecule is O=[N+]([O-])c1cccc(Br)c1N1CCCC(C(F)(F)F)C1. The molecule has 1 aliphatic heterocycles. The highest BCUT2D eigenvalue weighted by Crippen LogP contribution is 2.40. The van der Waals surface area contributed by atoms with Gasteiger partial charge in [-0.2, -0.15) is 13.2 Å². The van der Waals surface area contributed by atoms with Gasteiger partial charge in [0.15, 0.2) is 0 Å². The Morgan fingerprint density at radius 3 is 2.70 bits per heavy atom. The number of halogens is 4. The first-order chi connectivity index (χ1) is 9.30. The molecule has 0 spiro atoms. The van der Waals surface area contributed by atoms with Gasteiger partial charge in [0.1, 0.15) is 5.69 Å². The minimum absolute atomic E-state index is 0.0677. The molecule has 1 aromatic rings. The lowest BCUT2D eigenvalue weighted by Crippen LogP contribution is -2.42. The predicted molar refractivity (Wildman–Crippen MR) is 71.8 cm³/mol. The maximum absolute atomic E-state index is 12.8. The lowest BCUT2D eigenvalue weighted by Gasteiger charge is -2.35. The van der Waals surface area contributed by atoms with Crippen molar-refractivity contribution in [1.29, 1.82) is 0 Å². The molecular weight excluding hydrogens is 341 g/mol. The van der Waals surface area contributed by atoms with Crippen molar-refractivity contribution in [2.45, 2.75) is 19.0 Å². The van der Waals surface area contributed by atoms with E-state index in [1.807, 2.05) is 0 Å². The Balaban J connectivity index is 2.34. The summed E-state index contributed by atoms with van der Waals surface area (Å²) in [6.07, 6.45) is -3.84. The number of anilines is 1. The standard InChI is InChI=1S/C12H12BrF3N2O2/c13-9-4-1-5-10(18(19)20)11(9)17-6-2-3-8(7-17)12(14,15)16/h1,4-5,8H,2-3,6-7H2. The Morgan fingerprint density at radius 2 is 2.10 bits per heavy atom. The molecular formula is C12H12BrF3N2O2. The molecule has 20 heavy (non-hydrogen) atoms. The smallest absolute Gasteiger partial charge is 0.364 e. The van der Waals surface area contributed by atoms with Gasteiger partial charge in [-0.25, -0.2) is 0 Å². The highest BCUT2D eigenvalue weighted by Gasteiger charge is 2.42. The van der Waals surface area contributed by atoms with Crippen LogP contribution in [0.3, 0.4) is 0 Å². The van der Waals surface area contributed by atoms with E-state index < -0.39 is 17.0 Å². The first-order valence-electron chi connectivity index (χ1n) is 6.05. The van der Waals surface area contributed by atoms with Gasteiger partial charge in [0, 0.05) is 23.6 Å². The Labute approximate surface area is 121 Å². The van der Waals surface area contributed by atoms with Gasteiger partial charge in [0.2, 0.25) is 0 Å². The fraction of sp³-hybridized carbons (Fsp3) is 0.500. The molecule has 2 rings (SSSR count). The monoisotopic (exact) mass is 352 g/mol. The van der Waals surface area contributed by atoms with Crippen LogP contribution in [0.15, 0.2) is 22.7 Å². The summed E-state index contributed by atoms with van der Waals surface area (Å²) in [4.78, 5) is 11.9. The second-order valence-electron chi connectivity index (χ2n) is 4.69. The highest BCUT2D eigenvalue weighted by molar-refractivity contribution is 9.10. The number of hydrogen-bond acceptors (Lipinski definition) is 3. The Morgan fingerprint density at radius 1 is 1.40 bits per heavy atom. The summed E-state index contributed by atoms with van der Waals surface area (Å²) in [6.45, 7) is 0.142. The van der Waals surface area contributed by atoms with Crippen molar-refractivity contribution >= 4 is 27.3 Å². The van der Waals surface area contributed by atoms with Crippen molar-refractivity contribution in [2.24, 2.45) is 5.92 Å². The van der Waals surface area contributed by atoms with Crippen LogP contribution in [0.4, 0.5) is 24.5 Å². The largest absolute Gasteiger partial charge is 0.393 e. The van der Waals surface area contributed by atoms with E-state index in [0.717, 1.165) is 0 Å². The van der Waals surface area contributed by atoms with Crippen molar-refractivity contribution in [2.75, 3.05) is 18.0 Å². The summed E-state index contributed by atoms with van der Waals surface area (Å²) in [5, 5.41) is 11.0. The van der Waals surface area contributed by atoms with Gasteiger partial charge in [-0.1, -0.05) is 6.07 Å². The molecule has 1 unspecified atom stereocenters. The Hall–Kier alpha value is -1.31. The van der Waals surface area contributed by atoms with Gasteiger partial charge in [-0.3, -0.25) is 10.1 Å². The number of alkyl halides is 3. The molecule has 1 fully saturated rings. The molecule has 8 heteroatoms. The van der Waals surface area contributed by atoms with Crippen LogP contribution in [0.2, 0.25) is 0 Å². The number of piperidine rings is 1. The molecule has 1 aliphatic rings. The molecule has 110 valence electrons. The molecule has 1 aromatic carbocycles. The molecule has 0 radical (unpaired) electrons. The van der Waals surface area contributed by atoms with Crippen molar-refractivity contribution in [1.82, 2.24) is 0 Å². The molecule has 0 aromatic heterocycles. The maximum Gasteiger partial charge on any atom is 0.393 e.